The summed E-state index contributed by atoms with van der Waals surface area (Å²) in [4.78, 5) is 13.4. The van der Waals surface area contributed by atoms with Gasteiger partial charge in [0, 0.05) is 32.1 Å². The zero-order valence-electron chi connectivity index (χ0n) is 12.1. The molecule has 0 saturated carbocycles. The van der Waals surface area contributed by atoms with Crippen LogP contribution < -0.4 is 5.32 Å². The molecular formula is C16H24N2O. The van der Waals surface area contributed by atoms with Gasteiger partial charge in [0.2, 0.25) is 5.91 Å². The van der Waals surface area contributed by atoms with Gasteiger partial charge < -0.3 is 10.2 Å². The van der Waals surface area contributed by atoms with Crippen LogP contribution in [0, 0.1) is 5.92 Å². The predicted octanol–water partition coefficient (Wildman–Crippen LogP) is 2.59. The average molecular weight is 260 g/mol. The van der Waals surface area contributed by atoms with Crippen molar-refractivity contribution in [3.8, 4) is 0 Å². The molecule has 0 bridgehead atoms. The van der Waals surface area contributed by atoms with E-state index in [1.165, 1.54) is 5.56 Å². The fraction of sp³-hybridized carbons (Fsp3) is 0.562. The molecule has 1 aliphatic rings. The number of hydrogen-bond acceptors (Lipinski definition) is 2. The minimum atomic E-state index is 0.263. The van der Waals surface area contributed by atoms with Gasteiger partial charge in [0.05, 0.1) is 0 Å². The van der Waals surface area contributed by atoms with Crippen LogP contribution in [0.25, 0.3) is 0 Å². The van der Waals surface area contributed by atoms with Gasteiger partial charge in [-0.25, -0.2) is 0 Å². The molecule has 0 aromatic heterocycles. The van der Waals surface area contributed by atoms with Gasteiger partial charge in [0.1, 0.15) is 0 Å². The molecule has 2 atom stereocenters. The standard InChI is InChI=1S/C16H24N2O/c1-12(2)16(13-7-5-4-6-8-13)17-14-9-10-15(19)18(3)11-14/h4-8,12,14,16-17H,9-11H2,1-3H3. The summed E-state index contributed by atoms with van der Waals surface area (Å²) in [5, 5.41) is 3.73. The Morgan fingerprint density at radius 3 is 2.53 bits per heavy atom. The van der Waals surface area contributed by atoms with Crippen LogP contribution in [0.3, 0.4) is 0 Å². The lowest BCUT2D eigenvalue weighted by Crippen LogP contribution is -2.48. The molecule has 1 N–H and O–H groups in total. The quantitative estimate of drug-likeness (QED) is 0.902. The van der Waals surface area contributed by atoms with Gasteiger partial charge in [0.15, 0.2) is 0 Å². The molecule has 1 aliphatic heterocycles. The Bertz CT molecular complexity index is 416. The smallest absolute Gasteiger partial charge is 0.222 e. The van der Waals surface area contributed by atoms with E-state index in [0.29, 0.717) is 24.4 Å². The Morgan fingerprint density at radius 2 is 1.95 bits per heavy atom. The zero-order valence-corrected chi connectivity index (χ0v) is 12.1. The molecule has 3 heteroatoms. The number of benzene rings is 1. The van der Waals surface area contributed by atoms with E-state index < -0.39 is 0 Å². The van der Waals surface area contributed by atoms with Crippen molar-refractivity contribution in [1.82, 2.24) is 10.2 Å². The highest BCUT2D eigenvalue weighted by Gasteiger charge is 2.26. The van der Waals surface area contributed by atoms with Crippen LogP contribution in [0.5, 0.6) is 0 Å². The van der Waals surface area contributed by atoms with Crippen molar-refractivity contribution in [2.75, 3.05) is 13.6 Å². The molecule has 2 rings (SSSR count). The van der Waals surface area contributed by atoms with Gasteiger partial charge in [-0.2, -0.15) is 0 Å². The largest absolute Gasteiger partial charge is 0.344 e. The second kappa shape index (κ2) is 6.20. The molecule has 1 amide bonds. The number of piperidine rings is 1. The highest BCUT2D eigenvalue weighted by Crippen LogP contribution is 2.23. The molecule has 1 aromatic rings. The maximum Gasteiger partial charge on any atom is 0.222 e. The van der Waals surface area contributed by atoms with Gasteiger partial charge in [-0.05, 0) is 17.9 Å². The molecule has 2 unspecified atom stereocenters. The summed E-state index contributed by atoms with van der Waals surface area (Å²) in [7, 11) is 1.89. The maximum atomic E-state index is 11.5. The van der Waals surface area contributed by atoms with Gasteiger partial charge in [-0.3, -0.25) is 4.79 Å². The first-order valence-corrected chi connectivity index (χ1v) is 7.13. The molecule has 3 nitrogen and oxygen atoms in total. The molecule has 1 saturated heterocycles. The molecule has 104 valence electrons. The Kier molecular flexibility index (Phi) is 4.59. The van der Waals surface area contributed by atoms with Crippen molar-refractivity contribution >= 4 is 5.91 Å². The molecular weight excluding hydrogens is 236 g/mol. The van der Waals surface area contributed by atoms with Crippen molar-refractivity contribution in [3.05, 3.63) is 35.9 Å². The topological polar surface area (TPSA) is 32.3 Å². The minimum Gasteiger partial charge on any atom is -0.344 e. The first kappa shape index (κ1) is 14.1. The summed E-state index contributed by atoms with van der Waals surface area (Å²) in [6.07, 6.45) is 1.60. The second-order valence-corrected chi connectivity index (χ2v) is 5.81. The highest BCUT2D eigenvalue weighted by molar-refractivity contribution is 5.76. The molecule has 0 spiro atoms. The average Bonchev–Trinajstić information content (AvgIpc) is 2.40. The van der Waals surface area contributed by atoms with Crippen molar-refractivity contribution in [3.63, 3.8) is 0 Å². The third kappa shape index (κ3) is 3.57. The van der Waals surface area contributed by atoms with Gasteiger partial charge >= 0.3 is 0 Å². The molecule has 1 fully saturated rings. The normalized spacial score (nSPS) is 21.8. The van der Waals surface area contributed by atoms with Crippen LogP contribution in [0.1, 0.15) is 38.3 Å². The Morgan fingerprint density at radius 1 is 1.26 bits per heavy atom. The summed E-state index contributed by atoms with van der Waals surface area (Å²) in [6, 6.07) is 11.3. The summed E-state index contributed by atoms with van der Waals surface area (Å²) < 4.78 is 0. The lowest BCUT2D eigenvalue weighted by atomic mass is 9.94. The number of nitrogens with zero attached hydrogens (tertiary/aromatic N) is 1. The number of amides is 1. The number of carbonyl (C=O) groups excluding carboxylic acids is 1. The molecule has 0 radical (unpaired) electrons. The molecule has 1 aromatic carbocycles. The van der Waals surface area contributed by atoms with Crippen LogP contribution in [0.2, 0.25) is 0 Å². The lowest BCUT2D eigenvalue weighted by Gasteiger charge is -2.34. The maximum absolute atomic E-state index is 11.5. The monoisotopic (exact) mass is 260 g/mol. The number of carbonyl (C=O) groups is 1. The number of likely N-dealkylation sites (tertiary alicyclic amines) is 1. The van der Waals surface area contributed by atoms with E-state index in [4.69, 9.17) is 0 Å². The Hall–Kier alpha value is -1.35. The summed E-state index contributed by atoms with van der Waals surface area (Å²) in [6.45, 7) is 5.29. The van der Waals surface area contributed by atoms with Crippen LogP contribution in [0.4, 0.5) is 0 Å². The number of rotatable bonds is 4. The van der Waals surface area contributed by atoms with E-state index in [0.717, 1.165) is 13.0 Å². The van der Waals surface area contributed by atoms with Gasteiger partial charge in [-0.15, -0.1) is 0 Å². The number of hydrogen-bond donors (Lipinski definition) is 1. The van der Waals surface area contributed by atoms with Crippen LogP contribution in [-0.2, 0) is 4.79 Å². The van der Waals surface area contributed by atoms with Crippen LogP contribution in [0.15, 0.2) is 30.3 Å². The summed E-state index contributed by atoms with van der Waals surface area (Å²) in [5.41, 5.74) is 1.33. The van der Waals surface area contributed by atoms with E-state index in [-0.39, 0.29) is 5.91 Å². The first-order valence-electron chi connectivity index (χ1n) is 7.13. The SMILES string of the molecule is CC(C)C(NC1CCC(=O)N(C)C1)c1ccccc1. The predicted molar refractivity (Wildman–Crippen MR) is 77.8 cm³/mol. The van der Waals surface area contributed by atoms with Crippen LogP contribution >= 0.6 is 0 Å². The van der Waals surface area contributed by atoms with Crippen LogP contribution in [-0.4, -0.2) is 30.4 Å². The first-order chi connectivity index (χ1) is 9.08. The van der Waals surface area contributed by atoms with E-state index in [2.05, 4.69) is 43.4 Å². The molecule has 1 heterocycles. The summed E-state index contributed by atoms with van der Waals surface area (Å²) in [5.74, 6) is 0.796. The zero-order chi connectivity index (χ0) is 13.8. The van der Waals surface area contributed by atoms with Gasteiger partial charge in [-0.1, -0.05) is 44.2 Å². The fourth-order valence-corrected chi connectivity index (χ4v) is 2.74. The molecule has 0 aliphatic carbocycles. The fourth-order valence-electron chi connectivity index (χ4n) is 2.74. The summed E-state index contributed by atoms with van der Waals surface area (Å²) >= 11 is 0. The van der Waals surface area contributed by atoms with E-state index >= 15 is 0 Å². The Balaban J connectivity index is 2.04. The second-order valence-electron chi connectivity index (χ2n) is 5.81. The Labute approximate surface area is 116 Å². The van der Waals surface area contributed by atoms with Crippen molar-refractivity contribution < 1.29 is 4.79 Å². The van der Waals surface area contributed by atoms with Gasteiger partial charge in [0.25, 0.3) is 0 Å². The van der Waals surface area contributed by atoms with E-state index in [9.17, 15) is 4.79 Å². The van der Waals surface area contributed by atoms with E-state index in [1.807, 2.05) is 18.0 Å². The minimum absolute atomic E-state index is 0.263. The highest BCUT2D eigenvalue weighted by atomic mass is 16.2. The molecule has 19 heavy (non-hydrogen) atoms. The number of likely N-dealkylation sites (N-methyl/N-ethyl adjacent to an activating group) is 1. The third-order valence-electron chi connectivity index (χ3n) is 3.87. The number of nitrogens with one attached hydrogen (secondary N) is 1. The van der Waals surface area contributed by atoms with Crippen molar-refractivity contribution in [1.29, 1.82) is 0 Å². The third-order valence-corrected chi connectivity index (χ3v) is 3.87. The van der Waals surface area contributed by atoms with E-state index in [1.54, 1.807) is 0 Å². The lowest BCUT2D eigenvalue weighted by molar-refractivity contribution is -0.132. The van der Waals surface area contributed by atoms with Crippen molar-refractivity contribution in [2.45, 2.75) is 38.8 Å². The van der Waals surface area contributed by atoms with Crippen molar-refractivity contribution in [2.24, 2.45) is 5.92 Å².